The van der Waals surface area contributed by atoms with Gasteiger partial charge in [-0.25, -0.2) is 0 Å². The molecule has 1 amide bonds. The number of carbonyl (C=O) groups excluding carboxylic acids is 2. The van der Waals surface area contributed by atoms with Gasteiger partial charge >= 0.3 is 0 Å². The molecule has 2 aromatic rings. The Balaban J connectivity index is 1.54. The number of rotatable bonds is 7. The number of aryl methyl sites for hydroxylation is 1. The summed E-state index contributed by atoms with van der Waals surface area (Å²) in [5.74, 6) is 0.151. The number of hydrogen-bond donors (Lipinski definition) is 2. The summed E-state index contributed by atoms with van der Waals surface area (Å²) in [5.41, 5.74) is 4.70. The van der Waals surface area contributed by atoms with Gasteiger partial charge in [-0.2, -0.15) is 5.10 Å². The number of ether oxygens (including phenoxy) is 1. The molecule has 1 atom stereocenters. The highest BCUT2D eigenvalue weighted by Crippen LogP contribution is 2.28. The molecule has 0 spiro atoms. The lowest BCUT2D eigenvalue weighted by Gasteiger charge is -2.13. The van der Waals surface area contributed by atoms with Gasteiger partial charge in [-0.15, -0.1) is 0 Å². The lowest BCUT2D eigenvalue weighted by Crippen LogP contribution is -2.35. The molecule has 2 aromatic carbocycles. The van der Waals surface area contributed by atoms with E-state index in [1.165, 1.54) is 7.11 Å². The van der Waals surface area contributed by atoms with Gasteiger partial charge in [0.05, 0.1) is 12.8 Å². The van der Waals surface area contributed by atoms with Crippen LogP contribution in [0.4, 0.5) is 5.69 Å². The Morgan fingerprint density at radius 1 is 1.26 bits per heavy atom. The van der Waals surface area contributed by atoms with Crippen LogP contribution in [0.25, 0.3) is 0 Å². The molecule has 1 aliphatic rings. The molecule has 0 saturated carbocycles. The number of nitrogens with zero attached hydrogens (tertiary/aromatic N) is 1. The van der Waals surface area contributed by atoms with Crippen LogP contribution in [-0.2, 0) is 16.0 Å². The lowest BCUT2D eigenvalue weighted by molar-refractivity contribution is -0.117. The summed E-state index contributed by atoms with van der Waals surface area (Å²) in [6, 6.07) is 14.1. The van der Waals surface area contributed by atoms with Crippen LogP contribution in [0.15, 0.2) is 53.6 Å². The number of hydrogen-bond acceptors (Lipinski definition) is 5. The molecule has 140 valence electrons. The predicted molar refractivity (Wildman–Crippen MR) is 105 cm³/mol. The highest BCUT2D eigenvalue weighted by molar-refractivity contribution is 6.40. The van der Waals surface area contributed by atoms with E-state index in [1.807, 2.05) is 30.3 Å². The van der Waals surface area contributed by atoms with E-state index in [4.69, 9.17) is 16.3 Å². The Bertz CT molecular complexity index is 868. The maximum absolute atomic E-state index is 12.5. The first kappa shape index (κ1) is 18.9. The van der Waals surface area contributed by atoms with Gasteiger partial charge in [0.15, 0.2) is 5.78 Å². The Kier molecular flexibility index (Phi) is 6.08. The highest BCUT2D eigenvalue weighted by Gasteiger charge is 2.29. The summed E-state index contributed by atoms with van der Waals surface area (Å²) in [5, 5.41) is 7.30. The maximum Gasteiger partial charge on any atom is 0.249 e. The van der Waals surface area contributed by atoms with E-state index in [1.54, 1.807) is 18.2 Å². The largest absolute Gasteiger partial charge is 0.495 e. The molecule has 0 aliphatic carbocycles. The van der Waals surface area contributed by atoms with Crippen molar-refractivity contribution in [3.05, 3.63) is 59.1 Å². The van der Waals surface area contributed by atoms with E-state index in [2.05, 4.69) is 15.8 Å². The first-order valence-corrected chi connectivity index (χ1v) is 8.98. The summed E-state index contributed by atoms with van der Waals surface area (Å²) < 4.78 is 5.22. The number of hydrazone groups is 1. The van der Waals surface area contributed by atoms with Crippen molar-refractivity contribution in [1.29, 1.82) is 0 Å². The Hall–Kier alpha value is -2.86. The van der Waals surface area contributed by atoms with Crippen molar-refractivity contribution in [3.63, 3.8) is 0 Å². The summed E-state index contributed by atoms with van der Waals surface area (Å²) in [7, 11) is 1.51. The van der Waals surface area contributed by atoms with E-state index in [9.17, 15) is 9.59 Å². The van der Waals surface area contributed by atoms with Crippen LogP contribution in [-0.4, -0.2) is 30.6 Å². The van der Waals surface area contributed by atoms with Crippen molar-refractivity contribution in [2.45, 2.75) is 25.3 Å². The topological polar surface area (TPSA) is 79.8 Å². The molecule has 0 saturated heterocycles. The van der Waals surface area contributed by atoms with Crippen LogP contribution in [0.3, 0.4) is 0 Å². The molecule has 6 nitrogen and oxygen atoms in total. The highest BCUT2D eigenvalue weighted by atomic mass is 35.5. The number of anilines is 1. The number of halogens is 1. The second kappa shape index (κ2) is 8.68. The molecular formula is C20H20ClN3O3. The summed E-state index contributed by atoms with van der Waals surface area (Å²) >= 11 is 5.98. The second-order valence-corrected chi connectivity index (χ2v) is 6.62. The van der Waals surface area contributed by atoms with E-state index in [0.29, 0.717) is 35.0 Å². The number of nitrogens with one attached hydrogen (secondary N) is 2. The molecule has 1 heterocycles. The zero-order valence-electron chi connectivity index (χ0n) is 14.9. The van der Waals surface area contributed by atoms with E-state index in [-0.39, 0.29) is 18.1 Å². The van der Waals surface area contributed by atoms with Gasteiger partial charge in [0.1, 0.15) is 17.5 Å². The SMILES string of the molecule is COc1ccc(Cl)cc1NC(=O)C1CC(C(=O)CCc2ccccc2)=NN1. The molecule has 7 heteroatoms. The minimum atomic E-state index is -0.607. The quantitative estimate of drug-likeness (QED) is 0.767. The zero-order chi connectivity index (χ0) is 19.2. The van der Waals surface area contributed by atoms with Gasteiger partial charge in [-0.3, -0.25) is 15.0 Å². The maximum atomic E-state index is 12.5. The summed E-state index contributed by atoms with van der Waals surface area (Å²) in [4.78, 5) is 24.8. The van der Waals surface area contributed by atoms with Crippen LogP contribution >= 0.6 is 11.6 Å². The van der Waals surface area contributed by atoms with Crippen LogP contribution in [0.1, 0.15) is 18.4 Å². The smallest absolute Gasteiger partial charge is 0.249 e. The second-order valence-electron chi connectivity index (χ2n) is 6.19. The molecule has 0 aromatic heterocycles. The van der Waals surface area contributed by atoms with Crippen molar-refractivity contribution < 1.29 is 14.3 Å². The van der Waals surface area contributed by atoms with Gasteiger partial charge in [-0.05, 0) is 30.2 Å². The van der Waals surface area contributed by atoms with Crippen LogP contribution in [0.2, 0.25) is 5.02 Å². The van der Waals surface area contributed by atoms with Gasteiger partial charge in [0.2, 0.25) is 5.91 Å². The number of amides is 1. The third-order valence-corrected chi connectivity index (χ3v) is 4.53. The van der Waals surface area contributed by atoms with Gasteiger partial charge in [0, 0.05) is 17.9 Å². The van der Waals surface area contributed by atoms with E-state index in [0.717, 1.165) is 5.56 Å². The molecule has 27 heavy (non-hydrogen) atoms. The molecule has 2 N–H and O–H groups in total. The predicted octanol–water partition coefficient (Wildman–Crippen LogP) is 3.21. The number of methoxy groups -OCH3 is 1. The van der Waals surface area contributed by atoms with Crippen LogP contribution in [0, 0.1) is 0 Å². The van der Waals surface area contributed by atoms with E-state index < -0.39 is 6.04 Å². The zero-order valence-corrected chi connectivity index (χ0v) is 15.6. The third kappa shape index (κ3) is 4.86. The van der Waals surface area contributed by atoms with E-state index >= 15 is 0 Å². The molecule has 1 aliphatic heterocycles. The monoisotopic (exact) mass is 385 g/mol. The Morgan fingerprint density at radius 2 is 2.04 bits per heavy atom. The fourth-order valence-corrected chi connectivity index (χ4v) is 2.98. The number of carbonyl (C=O) groups is 2. The van der Waals surface area contributed by atoms with Gasteiger partial charge < -0.3 is 10.1 Å². The van der Waals surface area contributed by atoms with Crippen LogP contribution < -0.4 is 15.5 Å². The fraction of sp³-hybridized carbons (Fsp3) is 0.250. The minimum Gasteiger partial charge on any atom is -0.495 e. The molecule has 0 fully saturated rings. The summed E-state index contributed by atoms with van der Waals surface area (Å²) in [6.45, 7) is 0. The fourth-order valence-electron chi connectivity index (χ4n) is 2.81. The van der Waals surface area contributed by atoms with Crippen LogP contribution in [0.5, 0.6) is 5.75 Å². The molecular weight excluding hydrogens is 366 g/mol. The Labute approximate surface area is 162 Å². The average molecular weight is 386 g/mol. The number of Topliss-reactive ketones (excluding diaryl/α,β-unsaturated/α-hetero) is 1. The first-order chi connectivity index (χ1) is 13.1. The molecule has 1 unspecified atom stereocenters. The average Bonchev–Trinajstić information content (AvgIpc) is 3.18. The van der Waals surface area contributed by atoms with Crippen molar-refractivity contribution >= 4 is 34.7 Å². The van der Waals surface area contributed by atoms with Crippen molar-refractivity contribution in [1.82, 2.24) is 5.43 Å². The molecule has 3 rings (SSSR count). The normalized spacial score (nSPS) is 15.6. The summed E-state index contributed by atoms with van der Waals surface area (Å²) in [6.07, 6.45) is 1.26. The Morgan fingerprint density at radius 3 is 2.78 bits per heavy atom. The standard InChI is InChI=1S/C20H20ClN3O3/c1-27-19-10-8-14(21)11-16(19)22-20(26)17-12-15(23-24-17)18(25)9-7-13-5-3-2-4-6-13/h2-6,8,10-11,17,24H,7,9,12H2,1H3,(H,22,26). The minimum absolute atomic E-state index is 0.0537. The van der Waals surface area contributed by atoms with Gasteiger partial charge in [0.25, 0.3) is 0 Å². The van der Waals surface area contributed by atoms with Crippen molar-refractivity contribution in [3.8, 4) is 5.75 Å². The molecule has 0 bridgehead atoms. The number of ketones is 1. The number of benzene rings is 2. The lowest BCUT2D eigenvalue weighted by atomic mass is 10.0. The molecule has 0 radical (unpaired) electrons. The first-order valence-electron chi connectivity index (χ1n) is 8.60. The van der Waals surface area contributed by atoms with Crippen molar-refractivity contribution in [2.24, 2.45) is 5.10 Å². The van der Waals surface area contributed by atoms with Gasteiger partial charge in [-0.1, -0.05) is 41.9 Å². The van der Waals surface area contributed by atoms with Crippen molar-refractivity contribution in [2.75, 3.05) is 12.4 Å². The third-order valence-electron chi connectivity index (χ3n) is 4.29.